The van der Waals surface area contributed by atoms with E-state index in [9.17, 15) is 14.4 Å². The Morgan fingerprint density at radius 1 is 1.05 bits per heavy atom. The number of anilines is 1. The fraction of sp³-hybridized carbons (Fsp3) is 0.300. The lowest BCUT2D eigenvalue weighted by Gasteiger charge is -2.26. The van der Waals surface area contributed by atoms with Crippen LogP contribution < -0.4 is 16.2 Å². The molecule has 1 fully saturated rings. The van der Waals surface area contributed by atoms with Crippen LogP contribution in [0.25, 0.3) is 11.1 Å². The van der Waals surface area contributed by atoms with Crippen molar-refractivity contribution in [3.05, 3.63) is 99.0 Å². The molecule has 0 unspecified atom stereocenters. The fourth-order valence-electron chi connectivity index (χ4n) is 4.71. The SMILES string of the molecule is C=CC(=O)Nc1c(-c2ccc(CN3CCOCC3)cc2)ccc(C)c1C(=O)NCc1c(C)cc(C)[nH]c1=O. The summed E-state index contributed by atoms with van der Waals surface area (Å²) < 4.78 is 5.43. The molecule has 0 saturated carbocycles. The normalized spacial score (nSPS) is 13.7. The molecule has 3 N–H and O–H groups in total. The summed E-state index contributed by atoms with van der Waals surface area (Å²) in [5, 5.41) is 5.72. The van der Waals surface area contributed by atoms with E-state index in [2.05, 4.69) is 39.2 Å². The van der Waals surface area contributed by atoms with Gasteiger partial charge in [0.25, 0.3) is 11.5 Å². The molecule has 3 aromatic rings. The first kappa shape index (κ1) is 27.0. The zero-order chi connectivity index (χ0) is 27.2. The van der Waals surface area contributed by atoms with E-state index in [-0.39, 0.29) is 18.0 Å². The summed E-state index contributed by atoms with van der Waals surface area (Å²) in [7, 11) is 0. The smallest absolute Gasteiger partial charge is 0.253 e. The maximum atomic E-state index is 13.5. The maximum absolute atomic E-state index is 13.5. The van der Waals surface area contributed by atoms with Crippen LogP contribution in [-0.2, 0) is 22.6 Å². The summed E-state index contributed by atoms with van der Waals surface area (Å²) in [5.41, 5.74) is 6.04. The van der Waals surface area contributed by atoms with Crippen molar-refractivity contribution in [3.63, 3.8) is 0 Å². The summed E-state index contributed by atoms with van der Waals surface area (Å²) in [6.45, 7) is 13.2. The molecule has 1 saturated heterocycles. The molecule has 198 valence electrons. The van der Waals surface area contributed by atoms with Gasteiger partial charge in [0.05, 0.1) is 24.5 Å². The Labute approximate surface area is 222 Å². The van der Waals surface area contributed by atoms with Gasteiger partial charge in [0.2, 0.25) is 5.91 Å². The van der Waals surface area contributed by atoms with E-state index >= 15 is 0 Å². The molecule has 0 radical (unpaired) electrons. The number of pyridine rings is 1. The van der Waals surface area contributed by atoms with Gasteiger partial charge in [-0.25, -0.2) is 0 Å². The number of nitrogens with one attached hydrogen (secondary N) is 3. The van der Waals surface area contributed by atoms with Crippen molar-refractivity contribution in [2.75, 3.05) is 31.6 Å². The Hall–Kier alpha value is -4.01. The minimum absolute atomic E-state index is 0.0645. The van der Waals surface area contributed by atoms with Gasteiger partial charge in [-0.3, -0.25) is 19.3 Å². The molecular formula is C30H34N4O4. The maximum Gasteiger partial charge on any atom is 0.253 e. The van der Waals surface area contributed by atoms with Crippen LogP contribution in [0.5, 0.6) is 0 Å². The van der Waals surface area contributed by atoms with Crippen molar-refractivity contribution < 1.29 is 14.3 Å². The molecule has 38 heavy (non-hydrogen) atoms. The van der Waals surface area contributed by atoms with E-state index in [0.717, 1.165) is 55.2 Å². The lowest BCUT2D eigenvalue weighted by atomic mass is 9.95. The van der Waals surface area contributed by atoms with Crippen LogP contribution in [0.1, 0.15) is 38.3 Å². The molecule has 8 heteroatoms. The lowest BCUT2D eigenvalue weighted by Crippen LogP contribution is -2.35. The zero-order valence-electron chi connectivity index (χ0n) is 22.1. The van der Waals surface area contributed by atoms with Crippen molar-refractivity contribution in [1.29, 1.82) is 0 Å². The van der Waals surface area contributed by atoms with Gasteiger partial charge >= 0.3 is 0 Å². The van der Waals surface area contributed by atoms with Gasteiger partial charge in [-0.1, -0.05) is 43.0 Å². The number of hydrogen-bond acceptors (Lipinski definition) is 5. The number of aromatic nitrogens is 1. The predicted octanol–water partition coefficient (Wildman–Crippen LogP) is 3.85. The first-order valence-corrected chi connectivity index (χ1v) is 12.7. The van der Waals surface area contributed by atoms with Gasteiger partial charge in [0.15, 0.2) is 0 Å². The van der Waals surface area contributed by atoms with Crippen molar-refractivity contribution in [2.45, 2.75) is 33.9 Å². The monoisotopic (exact) mass is 514 g/mol. The van der Waals surface area contributed by atoms with Gasteiger partial charge in [0, 0.05) is 43.0 Å². The Balaban J connectivity index is 1.64. The summed E-state index contributed by atoms with van der Waals surface area (Å²) in [6.07, 6.45) is 1.18. The van der Waals surface area contributed by atoms with E-state index in [1.54, 1.807) is 0 Å². The summed E-state index contributed by atoms with van der Waals surface area (Å²) >= 11 is 0. The number of amides is 2. The second-order valence-corrected chi connectivity index (χ2v) is 9.58. The summed E-state index contributed by atoms with van der Waals surface area (Å²) in [6, 6.07) is 13.8. The van der Waals surface area contributed by atoms with Crippen LogP contribution >= 0.6 is 0 Å². The van der Waals surface area contributed by atoms with Crippen molar-refractivity contribution in [1.82, 2.24) is 15.2 Å². The topological polar surface area (TPSA) is 104 Å². The minimum atomic E-state index is -0.416. The molecule has 0 atom stereocenters. The van der Waals surface area contributed by atoms with Crippen molar-refractivity contribution >= 4 is 17.5 Å². The molecule has 2 aromatic carbocycles. The third-order valence-corrected chi connectivity index (χ3v) is 6.77. The molecule has 8 nitrogen and oxygen atoms in total. The molecule has 1 aromatic heterocycles. The molecule has 0 spiro atoms. The molecule has 1 aliphatic heterocycles. The Bertz CT molecular complexity index is 1400. The quantitative estimate of drug-likeness (QED) is 0.396. The van der Waals surface area contributed by atoms with Gasteiger partial charge in [-0.15, -0.1) is 0 Å². The average molecular weight is 515 g/mol. The number of benzene rings is 2. The lowest BCUT2D eigenvalue weighted by molar-refractivity contribution is -0.111. The number of aryl methyl sites for hydroxylation is 3. The molecule has 1 aliphatic rings. The Morgan fingerprint density at radius 3 is 2.42 bits per heavy atom. The van der Waals surface area contributed by atoms with Gasteiger partial charge in [0.1, 0.15) is 0 Å². The highest BCUT2D eigenvalue weighted by Crippen LogP contribution is 2.34. The third kappa shape index (κ3) is 6.27. The van der Waals surface area contributed by atoms with E-state index < -0.39 is 5.91 Å². The van der Waals surface area contributed by atoms with E-state index in [0.29, 0.717) is 22.4 Å². The second kappa shape index (κ2) is 12.0. The fourth-order valence-corrected chi connectivity index (χ4v) is 4.71. The number of carbonyl (C=O) groups is 2. The Morgan fingerprint density at radius 2 is 1.76 bits per heavy atom. The van der Waals surface area contributed by atoms with Crippen LogP contribution in [0, 0.1) is 20.8 Å². The number of rotatable bonds is 8. The molecular weight excluding hydrogens is 480 g/mol. The number of H-pyrrole nitrogens is 1. The first-order chi connectivity index (χ1) is 18.3. The number of morpholine rings is 1. The van der Waals surface area contributed by atoms with Crippen LogP contribution in [0.2, 0.25) is 0 Å². The van der Waals surface area contributed by atoms with Crippen molar-refractivity contribution in [2.24, 2.45) is 0 Å². The number of carbonyl (C=O) groups excluding carboxylic acids is 2. The number of ether oxygens (including phenoxy) is 1. The Kier molecular flexibility index (Phi) is 8.55. The molecule has 2 heterocycles. The average Bonchev–Trinajstić information content (AvgIpc) is 2.89. The largest absolute Gasteiger partial charge is 0.379 e. The molecule has 0 bridgehead atoms. The van der Waals surface area contributed by atoms with Gasteiger partial charge < -0.3 is 20.4 Å². The minimum Gasteiger partial charge on any atom is -0.379 e. The second-order valence-electron chi connectivity index (χ2n) is 9.58. The van der Waals surface area contributed by atoms with Crippen LogP contribution in [0.3, 0.4) is 0 Å². The number of aromatic amines is 1. The van der Waals surface area contributed by atoms with Crippen LogP contribution in [-0.4, -0.2) is 48.0 Å². The standard InChI is InChI=1S/C30H34N4O4/c1-5-26(35)33-28-24(23-9-7-22(8-10-23)18-34-12-14-38-15-13-34)11-6-19(2)27(28)30(37)31-17-25-20(3)16-21(4)32-29(25)36/h5-11,16H,1,12-15,17-18H2,2-4H3,(H,31,37)(H,32,36)(H,33,35). The van der Waals surface area contributed by atoms with Gasteiger partial charge in [-0.2, -0.15) is 0 Å². The van der Waals surface area contributed by atoms with E-state index in [4.69, 9.17) is 4.74 Å². The van der Waals surface area contributed by atoms with Crippen LogP contribution in [0.15, 0.2) is 59.9 Å². The highest BCUT2D eigenvalue weighted by atomic mass is 16.5. The van der Waals surface area contributed by atoms with E-state index in [1.807, 2.05) is 51.1 Å². The summed E-state index contributed by atoms with van der Waals surface area (Å²) in [5.74, 6) is -0.798. The van der Waals surface area contributed by atoms with Gasteiger partial charge in [-0.05, 0) is 55.2 Å². The van der Waals surface area contributed by atoms with Crippen molar-refractivity contribution in [3.8, 4) is 11.1 Å². The molecule has 2 amide bonds. The summed E-state index contributed by atoms with van der Waals surface area (Å²) in [4.78, 5) is 43.4. The third-order valence-electron chi connectivity index (χ3n) is 6.77. The van der Waals surface area contributed by atoms with Crippen LogP contribution in [0.4, 0.5) is 5.69 Å². The first-order valence-electron chi connectivity index (χ1n) is 12.7. The predicted molar refractivity (Wildman–Crippen MR) is 149 cm³/mol. The highest BCUT2D eigenvalue weighted by molar-refractivity contribution is 6.10. The molecule has 4 rings (SSSR count). The number of hydrogen-bond donors (Lipinski definition) is 3. The highest BCUT2D eigenvalue weighted by Gasteiger charge is 2.21. The zero-order valence-corrected chi connectivity index (χ0v) is 22.1. The van der Waals surface area contributed by atoms with E-state index in [1.165, 1.54) is 11.6 Å². The molecule has 0 aliphatic carbocycles. The number of nitrogens with zero attached hydrogens (tertiary/aromatic N) is 1.